The van der Waals surface area contributed by atoms with Crippen LogP contribution >= 0.6 is 0 Å². The van der Waals surface area contributed by atoms with E-state index in [1.165, 1.54) is 6.20 Å². The van der Waals surface area contributed by atoms with Gasteiger partial charge in [0.1, 0.15) is 11.6 Å². The number of rotatable bonds is 7. The molecule has 4 rings (SSSR count). The molecule has 2 aliphatic heterocycles. The molecule has 2 saturated heterocycles. The third-order valence-corrected chi connectivity index (χ3v) is 6.05. The second kappa shape index (κ2) is 9.49. The third-order valence-electron chi connectivity index (χ3n) is 6.05. The van der Waals surface area contributed by atoms with Crippen LogP contribution in [0.4, 0.5) is 5.82 Å². The summed E-state index contributed by atoms with van der Waals surface area (Å²) in [7, 11) is 1.60. The van der Waals surface area contributed by atoms with Crippen LogP contribution in [0.2, 0.25) is 0 Å². The van der Waals surface area contributed by atoms with E-state index in [2.05, 4.69) is 10.00 Å². The van der Waals surface area contributed by atoms with Crippen molar-refractivity contribution in [3.63, 3.8) is 0 Å². The molecule has 1 aromatic heterocycles. The zero-order valence-corrected chi connectivity index (χ0v) is 17.8. The molecule has 2 fully saturated rings. The van der Waals surface area contributed by atoms with Crippen LogP contribution in [0.5, 0.6) is 5.75 Å². The Morgan fingerprint density at radius 3 is 2.65 bits per heavy atom. The predicted molar refractivity (Wildman–Crippen MR) is 115 cm³/mol. The summed E-state index contributed by atoms with van der Waals surface area (Å²) in [6.07, 6.45) is 2.64. The van der Waals surface area contributed by atoms with Crippen LogP contribution in [0.3, 0.4) is 0 Å². The average molecular weight is 428 g/mol. The van der Waals surface area contributed by atoms with Crippen LogP contribution in [0.25, 0.3) is 5.69 Å². The highest BCUT2D eigenvalue weighted by molar-refractivity contribution is 6.02. The van der Waals surface area contributed by atoms with E-state index in [1.807, 2.05) is 24.3 Å². The van der Waals surface area contributed by atoms with Crippen LogP contribution < -0.4 is 10.5 Å². The number of nitrogen functional groups attached to an aromatic ring is 1. The van der Waals surface area contributed by atoms with Gasteiger partial charge in [-0.15, -0.1) is 0 Å². The number of Topliss-reactive ketones (excluding diaryl/α,β-unsaturated/α-hetero) is 1. The van der Waals surface area contributed by atoms with Gasteiger partial charge in [-0.1, -0.05) is 0 Å². The molecule has 3 heterocycles. The van der Waals surface area contributed by atoms with Crippen molar-refractivity contribution in [3.05, 3.63) is 36.0 Å². The monoisotopic (exact) mass is 427 g/mol. The molecule has 1 unspecified atom stereocenters. The Hall–Kier alpha value is -2.91. The van der Waals surface area contributed by atoms with Gasteiger partial charge in [-0.25, -0.2) is 4.68 Å². The summed E-state index contributed by atoms with van der Waals surface area (Å²) in [5, 5.41) is 4.30. The number of ketones is 1. The summed E-state index contributed by atoms with van der Waals surface area (Å²) >= 11 is 0. The summed E-state index contributed by atoms with van der Waals surface area (Å²) in [5.74, 6) is 0.843. The first-order valence-electron chi connectivity index (χ1n) is 10.7. The van der Waals surface area contributed by atoms with Gasteiger partial charge in [0.05, 0.1) is 37.8 Å². The van der Waals surface area contributed by atoms with Gasteiger partial charge < -0.3 is 20.1 Å². The second-order valence-electron chi connectivity index (χ2n) is 7.95. The molecule has 0 spiro atoms. The van der Waals surface area contributed by atoms with E-state index in [9.17, 15) is 9.59 Å². The number of morpholine rings is 1. The lowest BCUT2D eigenvalue weighted by Crippen LogP contribution is -2.39. The zero-order valence-electron chi connectivity index (χ0n) is 17.8. The highest BCUT2D eigenvalue weighted by atomic mass is 16.5. The predicted octanol–water partition coefficient (Wildman–Crippen LogP) is 1.22. The molecule has 1 amide bonds. The van der Waals surface area contributed by atoms with Crippen LogP contribution in [0, 0.1) is 5.92 Å². The van der Waals surface area contributed by atoms with Crippen LogP contribution in [0.1, 0.15) is 23.2 Å². The highest BCUT2D eigenvalue weighted by Crippen LogP contribution is 2.26. The molecule has 1 aromatic carbocycles. The van der Waals surface area contributed by atoms with Crippen molar-refractivity contribution in [2.24, 2.45) is 5.92 Å². The lowest BCUT2D eigenvalue weighted by atomic mass is 9.98. The van der Waals surface area contributed by atoms with Crippen molar-refractivity contribution in [2.75, 3.05) is 58.8 Å². The zero-order chi connectivity index (χ0) is 21.8. The first-order chi connectivity index (χ1) is 15.1. The fraction of sp³-hybridized carbons (Fsp3) is 0.500. The summed E-state index contributed by atoms with van der Waals surface area (Å²) in [6, 6.07) is 7.30. The molecule has 31 heavy (non-hydrogen) atoms. The number of carbonyl (C=O) groups excluding carboxylic acids is 2. The highest BCUT2D eigenvalue weighted by Gasteiger charge is 2.33. The number of aromatic nitrogens is 2. The van der Waals surface area contributed by atoms with Crippen molar-refractivity contribution in [1.82, 2.24) is 19.6 Å². The molecular weight excluding hydrogens is 398 g/mol. The van der Waals surface area contributed by atoms with E-state index in [1.54, 1.807) is 16.7 Å². The minimum atomic E-state index is -0.247. The normalized spacial score (nSPS) is 19.5. The van der Waals surface area contributed by atoms with E-state index >= 15 is 0 Å². The van der Waals surface area contributed by atoms with Gasteiger partial charge in [0.2, 0.25) is 5.91 Å². The van der Waals surface area contributed by atoms with E-state index in [4.69, 9.17) is 15.2 Å². The Balaban J connectivity index is 1.35. The average Bonchev–Trinajstić information content (AvgIpc) is 3.45. The smallest absolute Gasteiger partial charge is 0.223 e. The molecule has 9 heteroatoms. The Morgan fingerprint density at radius 1 is 1.19 bits per heavy atom. The first kappa shape index (κ1) is 21.3. The summed E-state index contributed by atoms with van der Waals surface area (Å²) in [4.78, 5) is 29.7. The fourth-order valence-corrected chi connectivity index (χ4v) is 4.13. The van der Waals surface area contributed by atoms with Crippen molar-refractivity contribution in [1.29, 1.82) is 0 Å². The minimum absolute atomic E-state index is 0.0549. The fourth-order valence-electron chi connectivity index (χ4n) is 4.13. The molecule has 0 aliphatic carbocycles. The van der Waals surface area contributed by atoms with Gasteiger partial charge >= 0.3 is 0 Å². The lowest BCUT2D eigenvalue weighted by molar-refractivity contribution is -0.130. The number of hydrogen-bond donors (Lipinski definition) is 1. The van der Waals surface area contributed by atoms with Gasteiger partial charge in [-0.05, 0) is 30.7 Å². The molecule has 1 atom stereocenters. The molecule has 9 nitrogen and oxygen atoms in total. The second-order valence-corrected chi connectivity index (χ2v) is 7.95. The number of nitrogens with zero attached hydrogens (tertiary/aromatic N) is 4. The van der Waals surface area contributed by atoms with E-state index in [0.29, 0.717) is 37.3 Å². The number of ether oxygens (including phenoxy) is 2. The van der Waals surface area contributed by atoms with Crippen LogP contribution in [-0.2, 0) is 9.53 Å². The Bertz CT molecular complexity index is 920. The van der Waals surface area contributed by atoms with Crippen molar-refractivity contribution in [3.8, 4) is 11.4 Å². The number of amides is 1. The largest absolute Gasteiger partial charge is 0.497 e. The summed E-state index contributed by atoms with van der Waals surface area (Å²) in [5.41, 5.74) is 7.41. The number of hydrogen-bond acceptors (Lipinski definition) is 7. The maximum absolute atomic E-state index is 13.1. The van der Waals surface area contributed by atoms with Crippen molar-refractivity contribution in [2.45, 2.75) is 12.8 Å². The molecule has 2 aliphatic rings. The Morgan fingerprint density at radius 2 is 1.94 bits per heavy atom. The number of methoxy groups -OCH3 is 1. The van der Waals surface area contributed by atoms with Gasteiger partial charge in [0.25, 0.3) is 0 Å². The van der Waals surface area contributed by atoms with Gasteiger partial charge in [-0.2, -0.15) is 5.10 Å². The van der Waals surface area contributed by atoms with E-state index in [-0.39, 0.29) is 17.6 Å². The van der Waals surface area contributed by atoms with Gasteiger partial charge in [0.15, 0.2) is 5.78 Å². The quantitative estimate of drug-likeness (QED) is 0.663. The van der Waals surface area contributed by atoms with Gasteiger partial charge in [0, 0.05) is 45.1 Å². The van der Waals surface area contributed by atoms with E-state index < -0.39 is 0 Å². The number of nitrogens with two attached hydrogens (primary N) is 1. The number of carbonyl (C=O) groups is 2. The molecule has 2 aromatic rings. The van der Waals surface area contributed by atoms with Crippen LogP contribution in [-0.4, -0.2) is 84.3 Å². The van der Waals surface area contributed by atoms with E-state index in [0.717, 1.165) is 44.3 Å². The number of benzene rings is 1. The summed E-state index contributed by atoms with van der Waals surface area (Å²) < 4.78 is 12.1. The molecule has 0 bridgehead atoms. The molecule has 0 radical (unpaired) electrons. The van der Waals surface area contributed by atoms with Crippen molar-refractivity contribution >= 4 is 17.5 Å². The van der Waals surface area contributed by atoms with Gasteiger partial charge in [-0.3, -0.25) is 14.5 Å². The molecule has 0 saturated carbocycles. The number of likely N-dealkylation sites (tertiary alicyclic amines) is 1. The van der Waals surface area contributed by atoms with Crippen LogP contribution in [0.15, 0.2) is 30.5 Å². The first-order valence-corrected chi connectivity index (χ1v) is 10.7. The summed E-state index contributed by atoms with van der Waals surface area (Å²) in [6.45, 7) is 4.95. The molecule has 2 N–H and O–H groups in total. The maximum Gasteiger partial charge on any atom is 0.223 e. The Kier molecular flexibility index (Phi) is 6.53. The standard InChI is InChI=1S/C22H29N5O4/c1-30-18-4-2-17(3-5-18)27-22(23)19(14-24-27)21(29)16-6-9-26(15-16)20(28)7-8-25-10-12-31-13-11-25/h2-5,14,16H,6-13,15,23H2,1H3. The third kappa shape index (κ3) is 4.72. The Labute approximate surface area is 181 Å². The number of anilines is 1. The molecular formula is C22H29N5O4. The van der Waals surface area contributed by atoms with Crippen molar-refractivity contribution < 1.29 is 19.1 Å². The molecule has 166 valence electrons. The minimum Gasteiger partial charge on any atom is -0.497 e. The SMILES string of the molecule is COc1ccc(-n2ncc(C(=O)C3CCN(C(=O)CCN4CCOCC4)C3)c2N)cc1. The topological polar surface area (TPSA) is 103 Å². The maximum atomic E-state index is 13.1. The lowest BCUT2D eigenvalue weighted by Gasteiger charge is -2.27.